The van der Waals surface area contributed by atoms with Crippen LogP contribution in [0.15, 0.2) is 18.2 Å². The first-order chi connectivity index (χ1) is 18.4. The van der Waals surface area contributed by atoms with Crippen molar-refractivity contribution in [1.29, 1.82) is 0 Å². The van der Waals surface area contributed by atoms with Gasteiger partial charge in [0.25, 0.3) is 17.7 Å². The normalized spacial score (nSPS) is 23.4. The van der Waals surface area contributed by atoms with Gasteiger partial charge < -0.3 is 10.6 Å². The molecule has 0 saturated carbocycles. The maximum absolute atomic E-state index is 13.0. The smallest absolute Gasteiger partial charge is 0.269 e. The Morgan fingerprint density at radius 3 is 1.75 bits per heavy atom. The van der Waals surface area contributed by atoms with E-state index < -0.39 is 17.7 Å². The second kappa shape index (κ2) is 10.5. The highest BCUT2D eigenvalue weighted by Gasteiger charge is 2.45. The standard InChI is InChI=1S/C30H46N6O4/c1-27(2)14-19(15-28(3,4)34-27)36(20-16-29(5,6)35-30(7,8)17-20)12-11-23(37)32-33-24(38)18-9-10-21-22(13-18)26(40)31-25(21)39/h9-10,13,19-20,34-35H,11-12,14-17H2,1-8H3,(H,32,37)(H,33,38)(H,31,39,40). The number of nitrogens with zero attached hydrogens (tertiary/aromatic N) is 1. The highest BCUT2D eigenvalue weighted by molar-refractivity contribution is 6.22. The van der Waals surface area contributed by atoms with Gasteiger partial charge in [-0.1, -0.05) is 0 Å². The van der Waals surface area contributed by atoms with Crippen LogP contribution < -0.4 is 26.8 Å². The van der Waals surface area contributed by atoms with Gasteiger partial charge in [-0.3, -0.25) is 40.2 Å². The van der Waals surface area contributed by atoms with Crippen LogP contribution in [0, 0.1) is 0 Å². The lowest BCUT2D eigenvalue weighted by molar-refractivity contribution is -0.122. The highest BCUT2D eigenvalue weighted by Crippen LogP contribution is 2.38. The van der Waals surface area contributed by atoms with E-state index in [1.165, 1.54) is 18.2 Å². The molecule has 5 N–H and O–H groups in total. The van der Waals surface area contributed by atoms with Crippen molar-refractivity contribution in [2.24, 2.45) is 0 Å². The molecule has 0 unspecified atom stereocenters. The first kappa shape index (κ1) is 30.1. The Balaban J connectivity index is 1.44. The van der Waals surface area contributed by atoms with Crippen LogP contribution in [-0.4, -0.2) is 69.3 Å². The SMILES string of the molecule is CC1(C)CC(N(CCC(=O)NNC(=O)c2ccc3c(c2)C(=O)NC3=O)C2CC(C)(C)NC(C)(C)C2)CC(C)(C)N1. The maximum Gasteiger partial charge on any atom is 0.269 e. The summed E-state index contributed by atoms with van der Waals surface area (Å²) in [6.07, 6.45) is 4.15. The summed E-state index contributed by atoms with van der Waals surface area (Å²) in [6.45, 7) is 18.5. The van der Waals surface area contributed by atoms with Gasteiger partial charge in [0.1, 0.15) is 0 Å². The molecule has 10 nitrogen and oxygen atoms in total. The molecule has 220 valence electrons. The van der Waals surface area contributed by atoms with Crippen LogP contribution in [0.5, 0.6) is 0 Å². The van der Waals surface area contributed by atoms with Gasteiger partial charge in [-0.2, -0.15) is 0 Å². The third-order valence-electron chi connectivity index (χ3n) is 8.19. The molecule has 0 radical (unpaired) electrons. The molecule has 3 aliphatic rings. The van der Waals surface area contributed by atoms with Crippen LogP contribution >= 0.6 is 0 Å². The summed E-state index contributed by atoms with van der Waals surface area (Å²) >= 11 is 0. The second-order valence-electron chi connectivity index (χ2n) is 14.4. The van der Waals surface area contributed by atoms with Gasteiger partial charge in [0.15, 0.2) is 0 Å². The number of amides is 4. The first-order valence-electron chi connectivity index (χ1n) is 14.3. The van der Waals surface area contributed by atoms with E-state index in [2.05, 4.69) is 87.1 Å². The molecule has 1 aromatic carbocycles. The van der Waals surface area contributed by atoms with Crippen LogP contribution in [0.1, 0.15) is 119 Å². The van der Waals surface area contributed by atoms with E-state index in [9.17, 15) is 19.2 Å². The van der Waals surface area contributed by atoms with E-state index in [4.69, 9.17) is 0 Å². The van der Waals surface area contributed by atoms with Gasteiger partial charge in [0.05, 0.1) is 11.1 Å². The van der Waals surface area contributed by atoms with Gasteiger partial charge in [0.2, 0.25) is 5.91 Å². The fraction of sp³-hybridized carbons (Fsp3) is 0.667. The number of imide groups is 1. The molecule has 0 aliphatic carbocycles. The van der Waals surface area contributed by atoms with Crippen LogP contribution in [-0.2, 0) is 4.79 Å². The van der Waals surface area contributed by atoms with Crippen molar-refractivity contribution in [1.82, 2.24) is 31.7 Å². The summed E-state index contributed by atoms with van der Waals surface area (Å²) in [5.74, 6) is -1.85. The Kier molecular flexibility index (Phi) is 7.94. The zero-order valence-corrected chi connectivity index (χ0v) is 25.2. The Labute approximate surface area is 237 Å². The molecule has 3 aliphatic heterocycles. The van der Waals surface area contributed by atoms with E-state index in [-0.39, 0.29) is 51.2 Å². The Morgan fingerprint density at radius 2 is 1.25 bits per heavy atom. The van der Waals surface area contributed by atoms with Crippen molar-refractivity contribution in [3.05, 3.63) is 34.9 Å². The van der Waals surface area contributed by atoms with Crippen LogP contribution in [0.4, 0.5) is 0 Å². The fourth-order valence-corrected chi connectivity index (χ4v) is 7.47. The molecule has 0 atom stereocenters. The van der Waals surface area contributed by atoms with E-state index in [0.29, 0.717) is 18.6 Å². The van der Waals surface area contributed by atoms with E-state index in [1.54, 1.807) is 0 Å². The molecule has 1 aromatic rings. The first-order valence-corrected chi connectivity index (χ1v) is 14.3. The lowest BCUT2D eigenvalue weighted by Gasteiger charge is -2.55. The number of carbonyl (C=O) groups excluding carboxylic acids is 4. The topological polar surface area (TPSA) is 132 Å². The van der Waals surface area contributed by atoms with Crippen molar-refractivity contribution >= 4 is 23.6 Å². The number of hydrazine groups is 1. The minimum absolute atomic E-state index is 0.0315. The quantitative estimate of drug-likeness (QED) is 0.270. The number of rotatable bonds is 6. The third kappa shape index (κ3) is 7.08. The van der Waals surface area contributed by atoms with Gasteiger partial charge in [-0.25, -0.2) is 0 Å². The van der Waals surface area contributed by atoms with Crippen LogP contribution in [0.2, 0.25) is 0 Å². The number of hydrogen-bond donors (Lipinski definition) is 5. The monoisotopic (exact) mass is 554 g/mol. The van der Waals surface area contributed by atoms with Crippen molar-refractivity contribution in [3.8, 4) is 0 Å². The molecule has 0 spiro atoms. The number of nitrogens with one attached hydrogen (secondary N) is 5. The third-order valence-corrected chi connectivity index (χ3v) is 8.19. The number of fused-ring (bicyclic) bond motifs is 1. The van der Waals surface area contributed by atoms with Gasteiger partial charge >= 0.3 is 0 Å². The minimum atomic E-state index is -0.552. The average Bonchev–Trinajstić information content (AvgIpc) is 3.06. The Morgan fingerprint density at radius 1 is 0.775 bits per heavy atom. The number of benzene rings is 1. The summed E-state index contributed by atoms with van der Waals surface area (Å²) in [5, 5.41) is 9.76. The average molecular weight is 555 g/mol. The molecule has 4 rings (SSSR count). The van der Waals surface area contributed by atoms with Crippen molar-refractivity contribution < 1.29 is 19.2 Å². The molecule has 2 saturated heterocycles. The molecule has 0 aromatic heterocycles. The maximum atomic E-state index is 13.0. The van der Waals surface area contributed by atoms with Gasteiger partial charge in [-0.05, 0) is 99.3 Å². The summed E-state index contributed by atoms with van der Waals surface area (Å²) in [6, 6.07) is 4.88. The molecular formula is C30H46N6O4. The number of piperidine rings is 2. The summed E-state index contributed by atoms with van der Waals surface area (Å²) < 4.78 is 0. The van der Waals surface area contributed by atoms with E-state index in [0.717, 1.165) is 25.7 Å². The summed E-state index contributed by atoms with van der Waals surface area (Å²) in [4.78, 5) is 51.9. The lowest BCUT2D eigenvalue weighted by atomic mass is 9.75. The zero-order chi connectivity index (χ0) is 29.7. The molecule has 4 amide bonds. The highest BCUT2D eigenvalue weighted by atomic mass is 16.2. The molecule has 40 heavy (non-hydrogen) atoms. The zero-order valence-electron chi connectivity index (χ0n) is 25.2. The second-order valence-corrected chi connectivity index (χ2v) is 14.4. The largest absolute Gasteiger partial charge is 0.307 e. The molecule has 2 fully saturated rings. The lowest BCUT2D eigenvalue weighted by Crippen LogP contribution is -2.67. The summed E-state index contributed by atoms with van der Waals surface area (Å²) in [7, 11) is 0. The van der Waals surface area contributed by atoms with Crippen molar-refractivity contribution in [3.63, 3.8) is 0 Å². The predicted octanol–water partition coefficient (Wildman–Crippen LogP) is 2.64. The van der Waals surface area contributed by atoms with Crippen molar-refractivity contribution in [2.45, 2.75) is 122 Å². The molecule has 0 bridgehead atoms. The van der Waals surface area contributed by atoms with E-state index >= 15 is 0 Å². The van der Waals surface area contributed by atoms with Crippen LogP contribution in [0.25, 0.3) is 0 Å². The van der Waals surface area contributed by atoms with Crippen LogP contribution in [0.3, 0.4) is 0 Å². The predicted molar refractivity (Wildman–Crippen MR) is 154 cm³/mol. The van der Waals surface area contributed by atoms with E-state index in [1.807, 2.05) is 0 Å². The minimum Gasteiger partial charge on any atom is -0.307 e. The Bertz CT molecular complexity index is 1130. The number of carbonyl (C=O) groups is 4. The summed E-state index contributed by atoms with van der Waals surface area (Å²) in [5.41, 5.74) is 5.44. The Hall–Kier alpha value is -2.82. The molecule has 3 heterocycles. The van der Waals surface area contributed by atoms with Gasteiger partial charge in [0, 0.05) is 52.8 Å². The van der Waals surface area contributed by atoms with Crippen molar-refractivity contribution in [2.75, 3.05) is 6.54 Å². The van der Waals surface area contributed by atoms with Gasteiger partial charge in [-0.15, -0.1) is 0 Å². The molecule has 10 heteroatoms. The number of hydrogen-bond acceptors (Lipinski definition) is 7. The molecular weight excluding hydrogens is 508 g/mol. The fourth-order valence-electron chi connectivity index (χ4n) is 7.47.